The highest BCUT2D eigenvalue weighted by Gasteiger charge is 2.26. The standard InChI is InChI=1S/C34H63NO6/c1-2-3-4-5-6-7-8-9-10-11-12-13-14-15-16-17-21-28-35(29-22-18-25-32(36)37,30-23-19-26-33(38)39)31-24-20-27-34(40)41/h13-14H,2-12,15-31H2,1H3,(H2-,36,37,38,39,40,41)/p+1/b14-13+. The molecule has 0 bridgehead atoms. The number of allylic oxidation sites excluding steroid dienone is 2. The van der Waals surface area contributed by atoms with Gasteiger partial charge in [0.05, 0.1) is 26.2 Å². The van der Waals surface area contributed by atoms with E-state index >= 15 is 0 Å². The summed E-state index contributed by atoms with van der Waals surface area (Å²) in [4.78, 5) is 33.0. The zero-order chi connectivity index (χ0) is 30.4. The number of carboxylic acid groups (broad SMARTS) is 3. The van der Waals surface area contributed by atoms with E-state index in [0.29, 0.717) is 19.3 Å². The van der Waals surface area contributed by atoms with Crippen molar-refractivity contribution in [2.45, 2.75) is 161 Å². The van der Waals surface area contributed by atoms with Gasteiger partial charge in [-0.05, 0) is 77.0 Å². The van der Waals surface area contributed by atoms with Gasteiger partial charge in [-0.15, -0.1) is 0 Å². The van der Waals surface area contributed by atoms with Gasteiger partial charge in [0.25, 0.3) is 0 Å². The number of nitrogens with zero attached hydrogens (tertiary/aromatic N) is 1. The normalized spacial score (nSPS) is 11.8. The zero-order valence-electron chi connectivity index (χ0n) is 26.5. The molecule has 7 heteroatoms. The molecule has 0 amide bonds. The van der Waals surface area contributed by atoms with Crippen LogP contribution in [-0.4, -0.2) is 63.9 Å². The minimum atomic E-state index is -0.771. The maximum atomic E-state index is 11.0. The molecule has 0 aliphatic rings. The van der Waals surface area contributed by atoms with Gasteiger partial charge in [0.15, 0.2) is 0 Å². The van der Waals surface area contributed by atoms with Gasteiger partial charge in [-0.3, -0.25) is 14.4 Å². The van der Waals surface area contributed by atoms with E-state index in [0.717, 1.165) is 75.6 Å². The highest BCUT2D eigenvalue weighted by atomic mass is 16.4. The molecule has 0 aromatic carbocycles. The molecule has 0 unspecified atom stereocenters. The highest BCUT2D eigenvalue weighted by molar-refractivity contribution is 5.67. The molecule has 0 rings (SSSR count). The van der Waals surface area contributed by atoms with Gasteiger partial charge in [-0.1, -0.05) is 76.9 Å². The lowest BCUT2D eigenvalue weighted by atomic mass is 10.1. The molecule has 7 nitrogen and oxygen atoms in total. The molecular formula is C34H64NO6+. The zero-order valence-corrected chi connectivity index (χ0v) is 26.5. The van der Waals surface area contributed by atoms with E-state index in [4.69, 9.17) is 15.3 Å². The smallest absolute Gasteiger partial charge is 0.303 e. The van der Waals surface area contributed by atoms with Crippen LogP contribution in [0.4, 0.5) is 0 Å². The van der Waals surface area contributed by atoms with E-state index in [1.54, 1.807) is 0 Å². The van der Waals surface area contributed by atoms with Crippen molar-refractivity contribution in [3.05, 3.63) is 12.2 Å². The van der Waals surface area contributed by atoms with Gasteiger partial charge in [0.1, 0.15) is 0 Å². The molecule has 0 aliphatic heterocycles. The summed E-state index contributed by atoms with van der Waals surface area (Å²) in [5, 5.41) is 27.1. The van der Waals surface area contributed by atoms with Crippen molar-refractivity contribution in [3.8, 4) is 0 Å². The van der Waals surface area contributed by atoms with Crippen LogP contribution >= 0.6 is 0 Å². The molecule has 41 heavy (non-hydrogen) atoms. The Morgan fingerprint density at radius 1 is 0.439 bits per heavy atom. The first-order chi connectivity index (χ1) is 19.8. The van der Waals surface area contributed by atoms with E-state index < -0.39 is 17.9 Å². The Labute approximate surface area is 251 Å². The molecule has 0 atom stereocenters. The first-order valence-electron chi connectivity index (χ1n) is 17.0. The number of unbranched alkanes of at least 4 members (excludes halogenated alkanes) is 16. The fourth-order valence-electron chi connectivity index (χ4n) is 5.71. The van der Waals surface area contributed by atoms with Crippen LogP contribution in [0.15, 0.2) is 12.2 Å². The average molecular weight is 583 g/mol. The molecule has 0 aromatic heterocycles. The van der Waals surface area contributed by atoms with Gasteiger partial charge < -0.3 is 19.8 Å². The van der Waals surface area contributed by atoms with Crippen LogP contribution in [0.3, 0.4) is 0 Å². The number of carbonyl (C=O) groups is 3. The molecule has 0 saturated carbocycles. The fourth-order valence-corrected chi connectivity index (χ4v) is 5.71. The minimum absolute atomic E-state index is 0.170. The van der Waals surface area contributed by atoms with Crippen LogP contribution in [0.5, 0.6) is 0 Å². The Bertz CT molecular complexity index is 623. The van der Waals surface area contributed by atoms with Crippen molar-refractivity contribution >= 4 is 17.9 Å². The summed E-state index contributed by atoms with van der Waals surface area (Å²) in [5.74, 6) is -2.31. The van der Waals surface area contributed by atoms with Crippen molar-refractivity contribution < 1.29 is 34.2 Å². The second kappa shape index (κ2) is 28.2. The largest absolute Gasteiger partial charge is 0.481 e. The van der Waals surface area contributed by atoms with Crippen molar-refractivity contribution in [2.75, 3.05) is 26.2 Å². The van der Waals surface area contributed by atoms with Crippen molar-refractivity contribution in [1.82, 2.24) is 0 Å². The number of hydrogen-bond donors (Lipinski definition) is 3. The third-order valence-electron chi connectivity index (χ3n) is 8.21. The van der Waals surface area contributed by atoms with E-state index in [9.17, 15) is 14.4 Å². The Balaban J connectivity index is 4.44. The van der Waals surface area contributed by atoms with Gasteiger partial charge in [-0.25, -0.2) is 0 Å². The lowest BCUT2D eigenvalue weighted by molar-refractivity contribution is -0.929. The first kappa shape index (κ1) is 39.1. The van der Waals surface area contributed by atoms with Gasteiger partial charge in [0.2, 0.25) is 0 Å². The molecular weight excluding hydrogens is 518 g/mol. The Morgan fingerprint density at radius 3 is 1.07 bits per heavy atom. The third kappa shape index (κ3) is 28.0. The number of aliphatic carboxylic acids is 3. The van der Waals surface area contributed by atoms with Crippen molar-refractivity contribution in [2.24, 2.45) is 0 Å². The number of quaternary nitrogens is 1. The lowest BCUT2D eigenvalue weighted by Gasteiger charge is -2.39. The van der Waals surface area contributed by atoms with E-state index in [1.165, 1.54) is 70.6 Å². The van der Waals surface area contributed by atoms with E-state index in [2.05, 4.69) is 19.1 Å². The number of rotatable bonds is 32. The molecule has 0 heterocycles. The van der Waals surface area contributed by atoms with E-state index in [-0.39, 0.29) is 19.3 Å². The van der Waals surface area contributed by atoms with Crippen LogP contribution in [0.1, 0.15) is 161 Å². The van der Waals surface area contributed by atoms with Crippen LogP contribution in [0.25, 0.3) is 0 Å². The summed E-state index contributed by atoms with van der Waals surface area (Å²) < 4.78 is 0.855. The highest BCUT2D eigenvalue weighted by Crippen LogP contribution is 2.19. The Kier molecular flexibility index (Phi) is 26.9. The molecule has 3 N–H and O–H groups in total. The van der Waals surface area contributed by atoms with Crippen LogP contribution in [-0.2, 0) is 14.4 Å². The van der Waals surface area contributed by atoms with E-state index in [1.807, 2.05) is 0 Å². The van der Waals surface area contributed by atoms with Gasteiger partial charge in [-0.2, -0.15) is 0 Å². The molecule has 240 valence electrons. The molecule has 0 saturated heterocycles. The summed E-state index contributed by atoms with van der Waals surface area (Å²) in [7, 11) is 0. The average Bonchev–Trinajstić information content (AvgIpc) is 2.93. The molecule has 0 fully saturated rings. The minimum Gasteiger partial charge on any atom is -0.481 e. The van der Waals surface area contributed by atoms with Crippen LogP contribution < -0.4 is 0 Å². The monoisotopic (exact) mass is 582 g/mol. The maximum absolute atomic E-state index is 11.0. The summed E-state index contributed by atoms with van der Waals surface area (Å²) in [6.45, 7) is 5.91. The SMILES string of the molecule is CCCCCCCCCCCC/C=C/CCCCC[N+](CCCCC(=O)O)(CCCCC(=O)O)CCCCC(=O)O. The number of hydrogen-bond acceptors (Lipinski definition) is 3. The quantitative estimate of drug-likeness (QED) is 0.0414. The first-order valence-corrected chi connectivity index (χ1v) is 17.0. The second-order valence-electron chi connectivity index (χ2n) is 12.1. The predicted octanol–water partition coefficient (Wildman–Crippen LogP) is 9.00. The van der Waals surface area contributed by atoms with Crippen LogP contribution in [0, 0.1) is 0 Å². The van der Waals surface area contributed by atoms with Gasteiger partial charge in [0, 0.05) is 19.3 Å². The number of carboxylic acids is 3. The summed E-state index contributed by atoms with van der Waals surface area (Å²) in [6.07, 6.45) is 28.9. The summed E-state index contributed by atoms with van der Waals surface area (Å²) in [6, 6.07) is 0. The Morgan fingerprint density at radius 2 is 0.732 bits per heavy atom. The predicted molar refractivity (Wildman–Crippen MR) is 168 cm³/mol. The third-order valence-corrected chi connectivity index (χ3v) is 8.21. The molecule has 0 aromatic rings. The molecule has 0 radical (unpaired) electrons. The summed E-state index contributed by atoms with van der Waals surface area (Å²) >= 11 is 0. The van der Waals surface area contributed by atoms with Crippen molar-refractivity contribution in [1.29, 1.82) is 0 Å². The fraction of sp³-hybridized carbons (Fsp3) is 0.853. The Hall–Kier alpha value is -1.89. The van der Waals surface area contributed by atoms with Crippen LogP contribution in [0.2, 0.25) is 0 Å². The molecule has 0 aliphatic carbocycles. The van der Waals surface area contributed by atoms with Crippen molar-refractivity contribution in [3.63, 3.8) is 0 Å². The lowest BCUT2D eigenvalue weighted by Crippen LogP contribution is -2.51. The second-order valence-corrected chi connectivity index (χ2v) is 12.1. The van der Waals surface area contributed by atoms with Gasteiger partial charge >= 0.3 is 17.9 Å². The topological polar surface area (TPSA) is 112 Å². The summed E-state index contributed by atoms with van der Waals surface area (Å²) in [5.41, 5.74) is 0. The molecule has 0 spiro atoms. The maximum Gasteiger partial charge on any atom is 0.303 e.